The maximum Gasteiger partial charge on any atom is 0.333 e. The van der Waals surface area contributed by atoms with Crippen molar-refractivity contribution < 1.29 is 43.2 Å². The lowest BCUT2D eigenvalue weighted by molar-refractivity contribution is -0.171. The van der Waals surface area contributed by atoms with Crippen molar-refractivity contribution in [3.05, 3.63) is 69.4 Å². The third-order valence-corrected chi connectivity index (χ3v) is 12.2. The van der Waals surface area contributed by atoms with E-state index in [0.29, 0.717) is 67.0 Å². The van der Waals surface area contributed by atoms with E-state index in [1.165, 1.54) is 5.57 Å². The van der Waals surface area contributed by atoms with E-state index in [1.54, 1.807) is 19.1 Å². The summed E-state index contributed by atoms with van der Waals surface area (Å²) in [6.07, 6.45) is 13.8. The molecule has 54 heavy (non-hydrogen) atoms. The summed E-state index contributed by atoms with van der Waals surface area (Å²) in [5, 5.41) is 11.9. The van der Waals surface area contributed by atoms with Gasteiger partial charge in [0.2, 0.25) is 0 Å². The fourth-order valence-electron chi connectivity index (χ4n) is 9.37. The molecule has 10 nitrogen and oxygen atoms in total. The maximum absolute atomic E-state index is 15.0. The maximum atomic E-state index is 15.0. The van der Waals surface area contributed by atoms with Crippen LogP contribution >= 0.6 is 0 Å². The number of phenolic OH excluding ortho intramolecular Hbond substituents is 1. The largest absolute Gasteiger partial charge is 0.506 e. The van der Waals surface area contributed by atoms with Crippen molar-refractivity contribution in [2.75, 3.05) is 39.5 Å². The monoisotopic (exact) mass is 741 g/mol. The number of hydrogen-bond acceptors (Lipinski definition) is 10. The van der Waals surface area contributed by atoms with Crippen LogP contribution in [0.2, 0.25) is 0 Å². The van der Waals surface area contributed by atoms with Crippen LogP contribution in [-0.4, -0.2) is 89.4 Å². The first-order valence-corrected chi connectivity index (χ1v) is 19.4. The average Bonchev–Trinajstić information content (AvgIpc) is 3.27. The molecule has 8 rings (SSSR count). The summed E-state index contributed by atoms with van der Waals surface area (Å²) in [5.41, 5.74) is -0.514. The third kappa shape index (κ3) is 6.18. The van der Waals surface area contributed by atoms with Crippen molar-refractivity contribution in [3.8, 4) is 17.2 Å². The highest BCUT2D eigenvalue weighted by Crippen LogP contribution is 2.68. The van der Waals surface area contributed by atoms with Gasteiger partial charge >= 0.3 is 5.97 Å². The van der Waals surface area contributed by atoms with E-state index in [9.17, 15) is 19.5 Å². The van der Waals surface area contributed by atoms with Crippen molar-refractivity contribution in [1.29, 1.82) is 0 Å². The van der Waals surface area contributed by atoms with E-state index in [-0.39, 0.29) is 47.6 Å². The standard InChI is InChI=1S/C44H55NO9/c1-26(2)10-9-15-42(8)16-14-30-35(46)34-36(47)32-24-29-25-33-41(6,7)54-43(39(29)48,17-13-28(5)40(49)51-23-20-45-18-21-50-22-19-45)44(32,33)53-38(34)31(37(30)52-42)12-11-27(3)4/h10-11,13-14,16,24,29,33,46H,9,12,15,17-23,25H2,1-8H3/b28-13-. The Labute approximate surface area is 318 Å². The molecule has 7 aliphatic rings. The Balaban J connectivity index is 1.30. The molecular weight excluding hydrogens is 686 g/mol. The minimum absolute atomic E-state index is 0.00845. The van der Waals surface area contributed by atoms with Gasteiger partial charge in [-0.05, 0) is 93.2 Å². The molecule has 10 heteroatoms. The number of benzene rings is 1. The Morgan fingerprint density at radius 3 is 2.43 bits per heavy atom. The number of nitrogens with zero attached hydrogens (tertiary/aromatic N) is 1. The van der Waals surface area contributed by atoms with E-state index in [4.69, 9.17) is 23.7 Å². The van der Waals surface area contributed by atoms with Crippen LogP contribution in [0.15, 0.2) is 52.7 Å². The van der Waals surface area contributed by atoms with Gasteiger partial charge in [0.05, 0.1) is 24.4 Å². The number of phenols is 1. The zero-order chi connectivity index (χ0) is 38.8. The highest BCUT2D eigenvalue weighted by atomic mass is 16.6. The molecule has 4 bridgehead atoms. The predicted octanol–water partition coefficient (Wildman–Crippen LogP) is 7.03. The summed E-state index contributed by atoms with van der Waals surface area (Å²) in [7, 11) is 0. The van der Waals surface area contributed by atoms with E-state index >= 15 is 0 Å². The summed E-state index contributed by atoms with van der Waals surface area (Å²) >= 11 is 0. The number of fused-ring (bicyclic) bond motifs is 2. The molecule has 0 radical (unpaired) electrons. The van der Waals surface area contributed by atoms with Crippen LogP contribution in [0.5, 0.6) is 17.2 Å². The van der Waals surface area contributed by atoms with Crippen LogP contribution in [0.4, 0.5) is 0 Å². The van der Waals surface area contributed by atoms with Gasteiger partial charge in [0.15, 0.2) is 22.8 Å². The number of morpholine rings is 1. The first-order chi connectivity index (χ1) is 25.5. The second kappa shape index (κ2) is 13.9. The molecule has 1 N–H and O–H groups in total. The van der Waals surface area contributed by atoms with Gasteiger partial charge in [-0.1, -0.05) is 35.5 Å². The quantitative estimate of drug-likeness (QED) is 0.144. The molecule has 3 aliphatic carbocycles. The van der Waals surface area contributed by atoms with Crippen LogP contribution < -0.4 is 9.47 Å². The highest BCUT2D eigenvalue weighted by Gasteiger charge is 2.81. The number of aromatic hydroxyl groups is 1. The summed E-state index contributed by atoms with van der Waals surface area (Å²) in [6, 6.07) is 0. The molecule has 1 spiro atoms. The molecule has 1 saturated carbocycles. The normalized spacial score (nSPS) is 30.4. The molecular formula is C44H55NO9. The van der Waals surface area contributed by atoms with Gasteiger partial charge < -0.3 is 28.8 Å². The third-order valence-electron chi connectivity index (χ3n) is 12.2. The zero-order valence-electron chi connectivity index (χ0n) is 33.1. The first-order valence-electron chi connectivity index (χ1n) is 19.4. The zero-order valence-corrected chi connectivity index (χ0v) is 33.1. The van der Waals surface area contributed by atoms with Crippen LogP contribution in [0, 0.1) is 11.8 Å². The molecule has 1 aromatic carbocycles. The fraction of sp³-hybridized carbons (Fsp3) is 0.568. The van der Waals surface area contributed by atoms with Gasteiger partial charge in [0.25, 0.3) is 0 Å². The number of carbonyl (C=O) groups is 3. The molecule has 0 aromatic heterocycles. The number of ketones is 2. The second-order valence-corrected chi connectivity index (χ2v) is 17.0. The van der Waals surface area contributed by atoms with Crippen molar-refractivity contribution >= 4 is 23.6 Å². The topological polar surface area (TPSA) is 121 Å². The van der Waals surface area contributed by atoms with Crippen molar-refractivity contribution in [2.24, 2.45) is 11.8 Å². The number of hydrogen-bond donors (Lipinski definition) is 1. The molecule has 0 amide bonds. The average molecular weight is 742 g/mol. The molecule has 4 heterocycles. The molecule has 5 atom stereocenters. The van der Waals surface area contributed by atoms with E-state index < -0.39 is 34.3 Å². The lowest BCUT2D eigenvalue weighted by atomic mass is 9.51. The van der Waals surface area contributed by atoms with Crippen LogP contribution in [0.3, 0.4) is 0 Å². The summed E-state index contributed by atoms with van der Waals surface area (Å²) in [5.74, 6) is -1.48. The van der Waals surface area contributed by atoms with Crippen molar-refractivity contribution in [2.45, 2.75) is 110 Å². The lowest BCUT2D eigenvalue weighted by Crippen LogP contribution is -2.72. The van der Waals surface area contributed by atoms with Gasteiger partial charge in [-0.15, -0.1) is 0 Å². The number of allylic oxidation sites excluding steroid dienone is 5. The Morgan fingerprint density at radius 2 is 1.72 bits per heavy atom. The van der Waals surface area contributed by atoms with Gasteiger partial charge in [0, 0.05) is 54.6 Å². The predicted molar refractivity (Wildman–Crippen MR) is 205 cm³/mol. The number of rotatable bonds is 11. The fourth-order valence-corrected chi connectivity index (χ4v) is 9.37. The Morgan fingerprint density at radius 1 is 1.00 bits per heavy atom. The van der Waals surface area contributed by atoms with E-state index in [1.807, 2.05) is 46.8 Å². The van der Waals surface area contributed by atoms with Crippen molar-refractivity contribution in [1.82, 2.24) is 4.90 Å². The van der Waals surface area contributed by atoms with E-state index in [2.05, 4.69) is 30.9 Å². The highest BCUT2D eigenvalue weighted by molar-refractivity contribution is 6.19. The van der Waals surface area contributed by atoms with Gasteiger partial charge in [-0.3, -0.25) is 14.5 Å². The number of ether oxygens (including phenoxy) is 5. The van der Waals surface area contributed by atoms with E-state index in [0.717, 1.165) is 25.1 Å². The summed E-state index contributed by atoms with van der Waals surface area (Å²) < 4.78 is 32.0. The molecule has 5 unspecified atom stereocenters. The molecule has 4 aliphatic heterocycles. The lowest BCUT2D eigenvalue weighted by Gasteiger charge is -2.56. The number of Topliss-reactive ketones (excluding diaryl/α,β-unsaturated/α-hetero) is 2. The minimum Gasteiger partial charge on any atom is -0.506 e. The SMILES string of the molecule is CC(C)=CCCC1(C)C=Cc2c(O)c3c(c(CC=C(C)C)c2O1)OC12C(=CC4CC1C(C)(C)OC2(C/C=C(/C)C(=O)OCCN1CCOCC1)C4=O)C3=O. The Bertz CT molecular complexity index is 1920. The Hall–Kier alpha value is -3.99. The van der Waals surface area contributed by atoms with Crippen molar-refractivity contribution in [3.63, 3.8) is 0 Å². The second-order valence-electron chi connectivity index (χ2n) is 17.0. The molecule has 1 aromatic rings. The van der Waals surface area contributed by atoms with Crippen LogP contribution in [-0.2, 0) is 30.2 Å². The summed E-state index contributed by atoms with van der Waals surface area (Å²) in [4.78, 5) is 45.0. The number of esters is 1. The molecule has 3 fully saturated rings. The van der Waals surface area contributed by atoms with Gasteiger partial charge in [0.1, 0.15) is 35.0 Å². The first kappa shape index (κ1) is 38.3. The minimum atomic E-state index is -1.60. The Kier molecular flexibility index (Phi) is 9.89. The molecule has 290 valence electrons. The van der Waals surface area contributed by atoms with Gasteiger partial charge in [-0.2, -0.15) is 0 Å². The smallest absolute Gasteiger partial charge is 0.333 e. The van der Waals surface area contributed by atoms with Crippen LogP contribution in [0.1, 0.15) is 103 Å². The summed E-state index contributed by atoms with van der Waals surface area (Å²) in [6.45, 7) is 19.5. The van der Waals surface area contributed by atoms with Crippen LogP contribution in [0.25, 0.3) is 6.08 Å². The van der Waals surface area contributed by atoms with Gasteiger partial charge in [-0.25, -0.2) is 4.79 Å². The molecule has 2 saturated heterocycles. The number of carbonyl (C=O) groups excluding carboxylic acids is 3.